The summed E-state index contributed by atoms with van der Waals surface area (Å²) >= 11 is 0. The van der Waals surface area contributed by atoms with Crippen molar-refractivity contribution in [2.45, 2.75) is 32.4 Å². The van der Waals surface area contributed by atoms with E-state index in [2.05, 4.69) is 25.1 Å². The standard InChI is InChI=1S/C22H28N2O2/c1-16(2)26-21-10-6-8-18(14-21)17-7-5-9-19(13-17)22(25)24-12-11-20(15-24)23(3)4/h5-10,13-14,16,20H,11-12,15H2,1-4H3/t20-/m1/s1. The van der Waals surface area contributed by atoms with E-state index in [-0.39, 0.29) is 12.0 Å². The van der Waals surface area contributed by atoms with Gasteiger partial charge in [0.05, 0.1) is 6.10 Å². The van der Waals surface area contributed by atoms with Crippen LogP contribution in [0.2, 0.25) is 0 Å². The molecule has 1 atom stereocenters. The summed E-state index contributed by atoms with van der Waals surface area (Å²) in [5.41, 5.74) is 2.84. The SMILES string of the molecule is CC(C)Oc1cccc(-c2cccc(C(=O)N3CC[C@@H](N(C)C)C3)c2)c1. The van der Waals surface area contributed by atoms with Crippen molar-refractivity contribution in [2.24, 2.45) is 0 Å². The van der Waals surface area contributed by atoms with Crippen LogP contribution < -0.4 is 4.74 Å². The van der Waals surface area contributed by atoms with Gasteiger partial charge in [-0.1, -0.05) is 24.3 Å². The summed E-state index contributed by atoms with van der Waals surface area (Å²) in [5.74, 6) is 0.966. The van der Waals surface area contributed by atoms with Crippen molar-refractivity contribution in [2.75, 3.05) is 27.2 Å². The van der Waals surface area contributed by atoms with E-state index in [1.54, 1.807) is 0 Å². The fourth-order valence-corrected chi connectivity index (χ4v) is 3.38. The molecule has 2 aromatic rings. The molecule has 1 aliphatic heterocycles. The van der Waals surface area contributed by atoms with Gasteiger partial charge < -0.3 is 14.5 Å². The fraction of sp³-hybridized carbons (Fsp3) is 0.409. The lowest BCUT2D eigenvalue weighted by Gasteiger charge is -2.20. The minimum atomic E-state index is 0.116. The third-order valence-corrected chi connectivity index (χ3v) is 4.83. The number of nitrogens with zero attached hydrogens (tertiary/aromatic N) is 2. The quantitative estimate of drug-likeness (QED) is 0.818. The second-order valence-corrected chi connectivity index (χ2v) is 7.43. The maximum absolute atomic E-state index is 12.9. The van der Waals surface area contributed by atoms with Crippen LogP contribution in [-0.4, -0.2) is 55.0 Å². The van der Waals surface area contributed by atoms with Crippen LogP contribution in [0.4, 0.5) is 0 Å². The molecule has 0 radical (unpaired) electrons. The average molecular weight is 352 g/mol. The van der Waals surface area contributed by atoms with Crippen LogP contribution in [0.5, 0.6) is 5.75 Å². The summed E-state index contributed by atoms with van der Waals surface area (Å²) in [6.07, 6.45) is 1.17. The Labute approximate surface area is 156 Å². The lowest BCUT2D eigenvalue weighted by atomic mass is 10.0. The minimum absolute atomic E-state index is 0.116. The molecule has 4 nitrogen and oxygen atoms in total. The third-order valence-electron chi connectivity index (χ3n) is 4.83. The van der Waals surface area contributed by atoms with Gasteiger partial charge in [0.15, 0.2) is 0 Å². The summed E-state index contributed by atoms with van der Waals surface area (Å²) in [6.45, 7) is 5.66. The number of likely N-dealkylation sites (N-methyl/N-ethyl adjacent to an activating group) is 1. The Morgan fingerprint density at radius 2 is 1.81 bits per heavy atom. The van der Waals surface area contributed by atoms with Gasteiger partial charge in [-0.15, -0.1) is 0 Å². The highest BCUT2D eigenvalue weighted by Crippen LogP contribution is 2.26. The molecule has 0 unspecified atom stereocenters. The maximum Gasteiger partial charge on any atom is 0.253 e. The minimum Gasteiger partial charge on any atom is -0.491 e. The number of carbonyl (C=O) groups excluding carboxylic acids is 1. The largest absolute Gasteiger partial charge is 0.491 e. The number of benzene rings is 2. The summed E-state index contributed by atoms with van der Waals surface area (Å²) in [4.78, 5) is 17.1. The number of hydrogen-bond donors (Lipinski definition) is 0. The molecule has 4 heteroatoms. The van der Waals surface area contributed by atoms with E-state index < -0.39 is 0 Å². The van der Waals surface area contributed by atoms with Crippen LogP contribution in [0.15, 0.2) is 48.5 Å². The van der Waals surface area contributed by atoms with Gasteiger partial charge in [-0.05, 0) is 69.8 Å². The molecule has 0 aliphatic carbocycles. The highest BCUT2D eigenvalue weighted by Gasteiger charge is 2.28. The third kappa shape index (κ3) is 4.25. The first-order valence-electron chi connectivity index (χ1n) is 9.27. The second-order valence-electron chi connectivity index (χ2n) is 7.43. The fourth-order valence-electron chi connectivity index (χ4n) is 3.38. The van der Waals surface area contributed by atoms with Crippen LogP contribution in [-0.2, 0) is 0 Å². The lowest BCUT2D eigenvalue weighted by Crippen LogP contribution is -2.34. The van der Waals surface area contributed by atoms with Gasteiger partial charge in [-0.3, -0.25) is 4.79 Å². The molecule has 1 saturated heterocycles. The van der Waals surface area contributed by atoms with Crippen molar-refractivity contribution in [1.29, 1.82) is 0 Å². The van der Waals surface area contributed by atoms with E-state index >= 15 is 0 Å². The molecule has 2 aromatic carbocycles. The molecular formula is C22H28N2O2. The summed E-state index contributed by atoms with van der Waals surface area (Å²) in [6, 6.07) is 16.4. The Morgan fingerprint density at radius 3 is 2.46 bits per heavy atom. The highest BCUT2D eigenvalue weighted by atomic mass is 16.5. The zero-order valence-electron chi connectivity index (χ0n) is 16.1. The molecule has 1 aliphatic rings. The topological polar surface area (TPSA) is 32.8 Å². The molecule has 0 bridgehead atoms. The van der Waals surface area contributed by atoms with Crippen LogP contribution >= 0.6 is 0 Å². The lowest BCUT2D eigenvalue weighted by molar-refractivity contribution is 0.0783. The van der Waals surface area contributed by atoms with Crippen LogP contribution in [0.3, 0.4) is 0 Å². The number of carbonyl (C=O) groups is 1. The van der Waals surface area contributed by atoms with E-state index in [0.29, 0.717) is 6.04 Å². The first-order valence-corrected chi connectivity index (χ1v) is 9.27. The first kappa shape index (κ1) is 18.5. The van der Waals surface area contributed by atoms with Gasteiger partial charge in [0.2, 0.25) is 0 Å². The molecule has 3 rings (SSSR count). The van der Waals surface area contributed by atoms with Crippen molar-refractivity contribution in [3.8, 4) is 16.9 Å². The van der Waals surface area contributed by atoms with Gasteiger partial charge in [0, 0.05) is 24.7 Å². The molecular weight excluding hydrogens is 324 g/mol. The Balaban J connectivity index is 1.79. The monoisotopic (exact) mass is 352 g/mol. The van der Waals surface area contributed by atoms with E-state index in [0.717, 1.165) is 42.0 Å². The summed E-state index contributed by atoms with van der Waals surface area (Å²) in [7, 11) is 4.15. The van der Waals surface area contributed by atoms with Gasteiger partial charge >= 0.3 is 0 Å². The second kappa shape index (κ2) is 7.92. The molecule has 138 valence electrons. The molecule has 0 saturated carbocycles. The Hall–Kier alpha value is -2.33. The predicted molar refractivity (Wildman–Crippen MR) is 106 cm³/mol. The van der Waals surface area contributed by atoms with Crippen molar-refractivity contribution in [3.63, 3.8) is 0 Å². The maximum atomic E-state index is 12.9. The molecule has 1 amide bonds. The number of amides is 1. The number of likely N-dealkylation sites (tertiary alicyclic amines) is 1. The van der Waals surface area contributed by atoms with Gasteiger partial charge in [0.25, 0.3) is 5.91 Å². The molecule has 0 spiro atoms. The Morgan fingerprint density at radius 1 is 1.12 bits per heavy atom. The smallest absolute Gasteiger partial charge is 0.253 e. The van der Waals surface area contributed by atoms with E-state index in [4.69, 9.17) is 4.74 Å². The van der Waals surface area contributed by atoms with E-state index in [1.165, 1.54) is 0 Å². The zero-order valence-corrected chi connectivity index (χ0v) is 16.1. The van der Waals surface area contributed by atoms with Gasteiger partial charge in [0.1, 0.15) is 5.75 Å². The predicted octanol–water partition coefficient (Wildman–Crippen LogP) is 3.92. The molecule has 1 heterocycles. The van der Waals surface area contributed by atoms with E-state index in [1.807, 2.05) is 61.2 Å². The van der Waals surface area contributed by atoms with Crippen LogP contribution in [0.1, 0.15) is 30.6 Å². The van der Waals surface area contributed by atoms with E-state index in [9.17, 15) is 4.79 Å². The summed E-state index contributed by atoms with van der Waals surface area (Å²) in [5, 5.41) is 0. The molecule has 1 fully saturated rings. The normalized spacial score (nSPS) is 17.2. The first-order chi connectivity index (χ1) is 12.4. The van der Waals surface area contributed by atoms with Crippen molar-refractivity contribution in [3.05, 3.63) is 54.1 Å². The molecule has 26 heavy (non-hydrogen) atoms. The number of hydrogen-bond acceptors (Lipinski definition) is 3. The number of rotatable bonds is 5. The van der Waals surface area contributed by atoms with Crippen LogP contribution in [0, 0.1) is 0 Å². The van der Waals surface area contributed by atoms with Gasteiger partial charge in [-0.25, -0.2) is 0 Å². The van der Waals surface area contributed by atoms with Crippen molar-refractivity contribution in [1.82, 2.24) is 9.80 Å². The van der Waals surface area contributed by atoms with Crippen LogP contribution in [0.25, 0.3) is 11.1 Å². The highest BCUT2D eigenvalue weighted by molar-refractivity contribution is 5.95. The van der Waals surface area contributed by atoms with Gasteiger partial charge in [-0.2, -0.15) is 0 Å². The Kier molecular flexibility index (Phi) is 5.62. The zero-order chi connectivity index (χ0) is 18.7. The Bertz CT molecular complexity index is 770. The molecule has 0 N–H and O–H groups in total. The molecule has 0 aromatic heterocycles. The van der Waals surface area contributed by atoms with Crippen molar-refractivity contribution < 1.29 is 9.53 Å². The average Bonchev–Trinajstić information content (AvgIpc) is 3.11. The van der Waals surface area contributed by atoms with Crippen molar-refractivity contribution >= 4 is 5.91 Å². The summed E-state index contributed by atoms with van der Waals surface area (Å²) < 4.78 is 5.79. The number of ether oxygens (including phenoxy) is 1.